The number of carbonyl (C=O) groups is 2. The number of hydrogen-bond acceptors (Lipinski definition) is 4. The molecule has 0 N–H and O–H groups in total. The summed E-state index contributed by atoms with van der Waals surface area (Å²) < 4.78 is 19.3. The molecule has 0 saturated carbocycles. The maximum Gasteiger partial charge on any atom is 0.227 e. The van der Waals surface area contributed by atoms with E-state index in [0.717, 1.165) is 30.1 Å². The Labute approximate surface area is 188 Å². The zero-order valence-electron chi connectivity index (χ0n) is 18.5. The first-order valence-corrected chi connectivity index (χ1v) is 11.3. The van der Waals surface area contributed by atoms with Crippen molar-refractivity contribution >= 4 is 17.5 Å². The summed E-state index contributed by atoms with van der Waals surface area (Å²) in [5.74, 6) is 0.482. The molecule has 1 unspecified atom stereocenters. The molecule has 1 atom stereocenters. The highest BCUT2D eigenvalue weighted by Gasteiger charge is 2.34. The number of rotatable bonds is 6. The van der Waals surface area contributed by atoms with E-state index >= 15 is 0 Å². The van der Waals surface area contributed by atoms with Crippen molar-refractivity contribution in [3.63, 3.8) is 0 Å². The van der Waals surface area contributed by atoms with Crippen LogP contribution in [0.4, 0.5) is 10.1 Å². The summed E-state index contributed by atoms with van der Waals surface area (Å²) in [6.45, 7) is 6.09. The fourth-order valence-electron chi connectivity index (χ4n) is 4.55. The second kappa shape index (κ2) is 10.0. The van der Waals surface area contributed by atoms with Crippen molar-refractivity contribution in [2.45, 2.75) is 26.3 Å². The maximum absolute atomic E-state index is 13.5. The van der Waals surface area contributed by atoms with Crippen LogP contribution in [0.1, 0.15) is 25.3 Å². The second-order valence-corrected chi connectivity index (χ2v) is 8.35. The third kappa shape index (κ3) is 5.03. The zero-order valence-corrected chi connectivity index (χ0v) is 18.5. The summed E-state index contributed by atoms with van der Waals surface area (Å²) in [7, 11) is 0. The fraction of sp³-hybridized carbons (Fsp3) is 0.440. The highest BCUT2D eigenvalue weighted by atomic mass is 19.1. The molecule has 0 spiro atoms. The van der Waals surface area contributed by atoms with Crippen molar-refractivity contribution in [2.24, 2.45) is 5.92 Å². The van der Waals surface area contributed by atoms with Gasteiger partial charge in [0.1, 0.15) is 11.6 Å². The van der Waals surface area contributed by atoms with Crippen LogP contribution in [0.25, 0.3) is 0 Å². The molecule has 0 aromatic heterocycles. The molecular formula is C25H30FN3O3. The quantitative estimate of drug-likeness (QED) is 0.693. The Hall–Kier alpha value is -3.09. The van der Waals surface area contributed by atoms with E-state index in [0.29, 0.717) is 45.6 Å². The molecule has 0 bridgehead atoms. The average Bonchev–Trinajstić information content (AvgIpc) is 2.81. The SMILES string of the molecule is CCOc1ccccc1N1CCN(C(=O)C2CCC(=O)N(Cc3cccc(F)c3)C2)CC1. The lowest BCUT2D eigenvalue weighted by Gasteiger charge is -2.40. The molecular weight excluding hydrogens is 409 g/mol. The zero-order chi connectivity index (χ0) is 22.5. The van der Waals surface area contributed by atoms with Crippen LogP contribution in [0, 0.1) is 11.7 Å². The first-order valence-electron chi connectivity index (χ1n) is 11.3. The van der Waals surface area contributed by atoms with E-state index < -0.39 is 0 Å². The second-order valence-electron chi connectivity index (χ2n) is 8.35. The van der Waals surface area contributed by atoms with E-state index in [1.165, 1.54) is 12.1 Å². The maximum atomic E-state index is 13.5. The number of piperazine rings is 1. The van der Waals surface area contributed by atoms with Gasteiger partial charge in [0, 0.05) is 45.7 Å². The standard InChI is InChI=1S/C25H30FN3O3/c1-2-32-23-9-4-3-8-22(23)27-12-14-28(15-13-27)25(31)20-10-11-24(30)29(18-20)17-19-6-5-7-21(26)16-19/h3-9,16,20H,2,10-15,17-18H2,1H3. The molecule has 2 aromatic rings. The normalized spacial score (nSPS) is 19.2. The van der Waals surface area contributed by atoms with Crippen molar-refractivity contribution in [1.29, 1.82) is 0 Å². The third-order valence-electron chi connectivity index (χ3n) is 6.21. The number of likely N-dealkylation sites (tertiary alicyclic amines) is 1. The highest BCUT2D eigenvalue weighted by molar-refractivity contribution is 5.84. The number of benzene rings is 2. The van der Waals surface area contributed by atoms with Gasteiger partial charge in [-0.25, -0.2) is 4.39 Å². The molecule has 0 radical (unpaired) electrons. The van der Waals surface area contributed by atoms with Gasteiger partial charge in [-0.2, -0.15) is 0 Å². The van der Waals surface area contributed by atoms with Crippen molar-refractivity contribution in [3.8, 4) is 5.75 Å². The van der Waals surface area contributed by atoms with E-state index in [9.17, 15) is 14.0 Å². The van der Waals surface area contributed by atoms with Gasteiger partial charge in [-0.3, -0.25) is 9.59 Å². The molecule has 32 heavy (non-hydrogen) atoms. The minimum Gasteiger partial charge on any atom is -0.492 e. The van der Waals surface area contributed by atoms with Crippen molar-refractivity contribution in [2.75, 3.05) is 44.2 Å². The molecule has 2 saturated heterocycles. The third-order valence-corrected chi connectivity index (χ3v) is 6.21. The van der Waals surface area contributed by atoms with Crippen LogP contribution in [0.5, 0.6) is 5.75 Å². The Morgan fingerprint density at radius 2 is 1.88 bits per heavy atom. The van der Waals surface area contributed by atoms with Crippen LogP contribution >= 0.6 is 0 Å². The Bertz CT molecular complexity index is 959. The molecule has 7 heteroatoms. The van der Waals surface area contributed by atoms with E-state index in [-0.39, 0.29) is 23.5 Å². The summed E-state index contributed by atoms with van der Waals surface area (Å²) in [6.07, 6.45) is 0.929. The Morgan fingerprint density at radius 1 is 1.09 bits per heavy atom. The predicted octanol–water partition coefficient (Wildman–Crippen LogP) is 3.31. The van der Waals surface area contributed by atoms with Gasteiger partial charge in [-0.1, -0.05) is 24.3 Å². The summed E-state index contributed by atoms with van der Waals surface area (Å²) in [5.41, 5.74) is 1.80. The van der Waals surface area contributed by atoms with Crippen LogP contribution in [-0.2, 0) is 16.1 Å². The number of hydrogen-bond donors (Lipinski definition) is 0. The van der Waals surface area contributed by atoms with Crippen LogP contribution in [0.3, 0.4) is 0 Å². The van der Waals surface area contributed by atoms with E-state index in [1.807, 2.05) is 30.0 Å². The van der Waals surface area contributed by atoms with Crippen molar-refractivity contribution in [1.82, 2.24) is 9.80 Å². The number of para-hydroxylation sites is 2. The number of carbonyl (C=O) groups excluding carboxylic acids is 2. The molecule has 4 rings (SSSR count). The molecule has 170 valence electrons. The minimum atomic E-state index is -0.316. The van der Waals surface area contributed by atoms with Gasteiger partial charge in [0.2, 0.25) is 11.8 Å². The summed E-state index contributed by atoms with van der Waals surface area (Å²) in [4.78, 5) is 31.5. The summed E-state index contributed by atoms with van der Waals surface area (Å²) in [5, 5.41) is 0. The van der Waals surface area contributed by atoms with Crippen LogP contribution in [-0.4, -0.2) is 60.9 Å². The molecule has 2 aromatic carbocycles. The van der Waals surface area contributed by atoms with E-state index in [2.05, 4.69) is 11.0 Å². The Kier molecular flexibility index (Phi) is 6.93. The predicted molar refractivity (Wildman–Crippen MR) is 121 cm³/mol. The van der Waals surface area contributed by atoms with Gasteiger partial charge in [0.25, 0.3) is 0 Å². The van der Waals surface area contributed by atoms with Crippen molar-refractivity contribution in [3.05, 3.63) is 59.9 Å². The molecule has 2 amide bonds. The number of anilines is 1. The number of halogens is 1. The number of nitrogens with zero attached hydrogens (tertiary/aromatic N) is 3. The lowest BCUT2D eigenvalue weighted by molar-refractivity contribution is -0.143. The van der Waals surface area contributed by atoms with Crippen LogP contribution in [0.2, 0.25) is 0 Å². The van der Waals surface area contributed by atoms with Gasteiger partial charge in [-0.05, 0) is 43.2 Å². The van der Waals surface area contributed by atoms with Crippen LogP contribution in [0.15, 0.2) is 48.5 Å². The first kappa shape index (κ1) is 22.1. The summed E-state index contributed by atoms with van der Waals surface area (Å²) >= 11 is 0. The van der Waals surface area contributed by atoms with Gasteiger partial charge in [-0.15, -0.1) is 0 Å². The van der Waals surface area contributed by atoms with E-state index in [4.69, 9.17) is 4.74 Å². The monoisotopic (exact) mass is 439 g/mol. The molecule has 2 aliphatic rings. The Balaban J connectivity index is 1.35. The van der Waals surface area contributed by atoms with Crippen molar-refractivity contribution < 1.29 is 18.7 Å². The number of piperidine rings is 1. The highest BCUT2D eigenvalue weighted by Crippen LogP contribution is 2.29. The lowest BCUT2D eigenvalue weighted by atomic mass is 9.95. The average molecular weight is 440 g/mol. The molecule has 6 nitrogen and oxygen atoms in total. The smallest absolute Gasteiger partial charge is 0.227 e. The first-order chi connectivity index (χ1) is 15.5. The van der Waals surface area contributed by atoms with Gasteiger partial charge >= 0.3 is 0 Å². The fourth-order valence-corrected chi connectivity index (χ4v) is 4.55. The summed E-state index contributed by atoms with van der Waals surface area (Å²) in [6, 6.07) is 14.3. The molecule has 2 heterocycles. The van der Waals surface area contributed by atoms with Gasteiger partial charge in [0.05, 0.1) is 18.2 Å². The molecule has 0 aliphatic carbocycles. The topological polar surface area (TPSA) is 53.1 Å². The minimum absolute atomic E-state index is 0.0238. The largest absolute Gasteiger partial charge is 0.492 e. The molecule has 2 fully saturated rings. The lowest BCUT2D eigenvalue weighted by Crippen LogP contribution is -2.53. The molecule has 2 aliphatic heterocycles. The van der Waals surface area contributed by atoms with Gasteiger partial charge in [0.15, 0.2) is 0 Å². The van der Waals surface area contributed by atoms with Crippen LogP contribution < -0.4 is 9.64 Å². The number of amides is 2. The number of ether oxygens (including phenoxy) is 1. The van der Waals surface area contributed by atoms with E-state index in [1.54, 1.807) is 17.0 Å². The van der Waals surface area contributed by atoms with Gasteiger partial charge < -0.3 is 19.4 Å². The Morgan fingerprint density at radius 3 is 2.62 bits per heavy atom.